The van der Waals surface area contributed by atoms with Crippen LogP contribution in [0.3, 0.4) is 0 Å². The molecule has 4 nitrogen and oxygen atoms in total. The molecule has 0 spiro atoms. The van der Waals surface area contributed by atoms with Gasteiger partial charge in [-0.05, 0) is 63.3 Å². The fraction of sp³-hybridized carbons (Fsp3) is 0.474. The molecular weight excluding hydrogens is 356 g/mol. The molecule has 0 saturated carbocycles. The minimum atomic E-state index is 0.0847. The van der Waals surface area contributed by atoms with Gasteiger partial charge < -0.3 is 10.1 Å². The molecule has 0 aliphatic carbocycles. The Morgan fingerprint density at radius 1 is 1.28 bits per heavy atom. The van der Waals surface area contributed by atoms with Gasteiger partial charge in [-0.1, -0.05) is 11.6 Å². The summed E-state index contributed by atoms with van der Waals surface area (Å²) in [4.78, 5) is 16.2. The first kappa shape index (κ1) is 19.7. The number of unbranched alkanes of at least 4 members (excludes halogenated alkanes) is 1. The monoisotopic (exact) mass is 380 g/mol. The van der Waals surface area contributed by atoms with Crippen LogP contribution >= 0.6 is 22.9 Å². The van der Waals surface area contributed by atoms with Gasteiger partial charge in [0.2, 0.25) is 5.91 Å². The van der Waals surface area contributed by atoms with Gasteiger partial charge in [-0.15, -0.1) is 11.3 Å². The zero-order valence-electron chi connectivity index (χ0n) is 14.8. The molecule has 1 N–H and O–H groups in total. The summed E-state index contributed by atoms with van der Waals surface area (Å²) in [5, 5.41) is 6.92. The summed E-state index contributed by atoms with van der Waals surface area (Å²) in [5.41, 5.74) is 2.09. The smallest absolute Gasteiger partial charge is 0.220 e. The lowest BCUT2D eigenvalue weighted by molar-refractivity contribution is -0.121. The van der Waals surface area contributed by atoms with Crippen LogP contribution in [0.2, 0.25) is 5.02 Å². The Bertz CT molecular complexity index is 688. The van der Waals surface area contributed by atoms with Crippen LogP contribution in [-0.4, -0.2) is 24.0 Å². The summed E-state index contributed by atoms with van der Waals surface area (Å²) < 4.78 is 5.69. The summed E-state index contributed by atoms with van der Waals surface area (Å²) in [7, 11) is 0. The van der Waals surface area contributed by atoms with Crippen LogP contribution in [0.5, 0.6) is 5.75 Å². The number of halogens is 1. The van der Waals surface area contributed by atoms with E-state index in [1.165, 1.54) is 5.01 Å². The number of rotatable bonds is 10. The van der Waals surface area contributed by atoms with E-state index in [-0.39, 0.29) is 5.91 Å². The third-order valence-electron chi connectivity index (χ3n) is 3.75. The molecule has 2 aromatic rings. The van der Waals surface area contributed by atoms with Crippen LogP contribution < -0.4 is 10.1 Å². The van der Waals surface area contributed by atoms with Crippen molar-refractivity contribution >= 4 is 28.8 Å². The molecule has 0 fully saturated rings. The molecule has 0 radical (unpaired) electrons. The number of nitrogens with zero attached hydrogens (tertiary/aromatic N) is 1. The third-order valence-corrected chi connectivity index (χ3v) is 5.01. The zero-order valence-corrected chi connectivity index (χ0v) is 16.4. The molecule has 1 aromatic heterocycles. The second kappa shape index (κ2) is 10.4. The van der Waals surface area contributed by atoms with E-state index < -0.39 is 0 Å². The van der Waals surface area contributed by atoms with Crippen LogP contribution in [-0.2, 0) is 11.2 Å². The molecule has 0 aliphatic rings. The fourth-order valence-corrected chi connectivity index (χ4v) is 3.47. The fourth-order valence-electron chi connectivity index (χ4n) is 2.42. The van der Waals surface area contributed by atoms with Crippen molar-refractivity contribution in [1.82, 2.24) is 10.3 Å². The van der Waals surface area contributed by atoms with E-state index in [4.69, 9.17) is 16.3 Å². The molecule has 0 bridgehead atoms. The van der Waals surface area contributed by atoms with Crippen LogP contribution in [0.1, 0.15) is 41.9 Å². The number of aromatic nitrogens is 1. The van der Waals surface area contributed by atoms with E-state index in [1.807, 2.05) is 32.0 Å². The lowest BCUT2D eigenvalue weighted by Gasteiger charge is -2.09. The Morgan fingerprint density at radius 3 is 2.84 bits per heavy atom. The molecule has 0 saturated heterocycles. The van der Waals surface area contributed by atoms with Crippen LogP contribution in [0.25, 0.3) is 0 Å². The Morgan fingerprint density at radius 2 is 2.12 bits per heavy atom. The van der Waals surface area contributed by atoms with Crippen molar-refractivity contribution in [2.75, 3.05) is 13.2 Å². The molecule has 136 valence electrons. The van der Waals surface area contributed by atoms with Crippen molar-refractivity contribution in [2.45, 2.75) is 46.0 Å². The van der Waals surface area contributed by atoms with Gasteiger partial charge in [0.25, 0.3) is 0 Å². The van der Waals surface area contributed by atoms with Gasteiger partial charge in [0.1, 0.15) is 5.75 Å². The average Bonchev–Trinajstić information content (AvgIpc) is 2.98. The lowest BCUT2D eigenvalue weighted by Crippen LogP contribution is -2.24. The average molecular weight is 381 g/mol. The Hall–Kier alpha value is -1.59. The summed E-state index contributed by atoms with van der Waals surface area (Å²) in [5.74, 6) is 0.906. The minimum absolute atomic E-state index is 0.0847. The van der Waals surface area contributed by atoms with E-state index in [9.17, 15) is 4.79 Å². The molecule has 2 rings (SSSR count). The maximum Gasteiger partial charge on any atom is 0.220 e. The Balaban J connectivity index is 1.50. The highest BCUT2D eigenvalue weighted by molar-refractivity contribution is 7.09. The number of amides is 1. The molecule has 0 aliphatic heterocycles. The highest BCUT2D eigenvalue weighted by Crippen LogP contribution is 2.21. The van der Waals surface area contributed by atoms with Gasteiger partial charge >= 0.3 is 0 Å². The quantitative estimate of drug-likeness (QED) is 0.607. The second-order valence-electron chi connectivity index (χ2n) is 6.05. The molecule has 1 heterocycles. The van der Waals surface area contributed by atoms with Crippen molar-refractivity contribution in [1.29, 1.82) is 0 Å². The lowest BCUT2D eigenvalue weighted by atomic mass is 10.2. The highest BCUT2D eigenvalue weighted by atomic mass is 35.5. The van der Waals surface area contributed by atoms with Crippen molar-refractivity contribution in [3.63, 3.8) is 0 Å². The summed E-state index contributed by atoms with van der Waals surface area (Å²) in [6.07, 6.45) is 4.20. The van der Waals surface area contributed by atoms with E-state index in [0.717, 1.165) is 42.8 Å². The maximum atomic E-state index is 11.8. The summed E-state index contributed by atoms with van der Waals surface area (Å²) in [6, 6.07) is 5.54. The molecule has 0 atom stereocenters. The molecule has 0 unspecified atom stereocenters. The van der Waals surface area contributed by atoms with Gasteiger partial charge in [-0.3, -0.25) is 4.79 Å². The second-order valence-corrected chi connectivity index (χ2v) is 7.43. The van der Waals surface area contributed by atoms with Gasteiger partial charge in [-0.25, -0.2) is 4.98 Å². The molecule has 1 aromatic carbocycles. The van der Waals surface area contributed by atoms with Crippen LogP contribution in [0.15, 0.2) is 23.6 Å². The largest absolute Gasteiger partial charge is 0.493 e. The standard InChI is InChI=1S/C19H25ClN2O2S/c1-14-12-16(20)8-9-17(14)24-11-5-6-18(23)21-10-4-3-7-19-22-15(2)13-25-19/h8-9,12-13H,3-7,10-11H2,1-2H3,(H,21,23). The number of carbonyl (C=O) groups excluding carboxylic acids is 1. The predicted octanol–water partition coefficient (Wildman–Crippen LogP) is 4.71. The van der Waals surface area contributed by atoms with Gasteiger partial charge in [0.15, 0.2) is 0 Å². The third kappa shape index (κ3) is 7.45. The van der Waals surface area contributed by atoms with Crippen molar-refractivity contribution in [2.24, 2.45) is 0 Å². The molecular formula is C19H25ClN2O2S. The molecule has 6 heteroatoms. The normalized spacial score (nSPS) is 10.7. The first-order chi connectivity index (χ1) is 12.0. The van der Waals surface area contributed by atoms with Crippen LogP contribution in [0.4, 0.5) is 0 Å². The van der Waals surface area contributed by atoms with Crippen molar-refractivity contribution < 1.29 is 9.53 Å². The van der Waals surface area contributed by atoms with Crippen molar-refractivity contribution in [3.8, 4) is 5.75 Å². The van der Waals surface area contributed by atoms with Crippen molar-refractivity contribution in [3.05, 3.63) is 44.9 Å². The highest BCUT2D eigenvalue weighted by Gasteiger charge is 2.04. The van der Waals surface area contributed by atoms with Crippen LogP contribution in [0, 0.1) is 13.8 Å². The van der Waals surface area contributed by atoms with E-state index in [0.29, 0.717) is 24.5 Å². The van der Waals surface area contributed by atoms with Gasteiger partial charge in [0.05, 0.1) is 11.6 Å². The number of nitrogens with one attached hydrogen (secondary N) is 1. The number of aryl methyl sites for hydroxylation is 3. The Kier molecular flexibility index (Phi) is 8.22. The topological polar surface area (TPSA) is 51.2 Å². The number of hydrogen-bond donors (Lipinski definition) is 1. The zero-order chi connectivity index (χ0) is 18.1. The first-order valence-corrected chi connectivity index (χ1v) is 9.87. The number of hydrogen-bond acceptors (Lipinski definition) is 4. The van der Waals surface area contributed by atoms with E-state index in [2.05, 4.69) is 15.7 Å². The van der Waals surface area contributed by atoms with E-state index >= 15 is 0 Å². The van der Waals surface area contributed by atoms with E-state index in [1.54, 1.807) is 11.3 Å². The Labute approximate surface area is 158 Å². The number of thiazole rings is 1. The predicted molar refractivity (Wildman–Crippen MR) is 104 cm³/mol. The first-order valence-electron chi connectivity index (χ1n) is 8.61. The minimum Gasteiger partial charge on any atom is -0.493 e. The summed E-state index contributed by atoms with van der Waals surface area (Å²) in [6.45, 7) is 5.22. The molecule has 25 heavy (non-hydrogen) atoms. The van der Waals surface area contributed by atoms with Gasteiger partial charge in [-0.2, -0.15) is 0 Å². The summed E-state index contributed by atoms with van der Waals surface area (Å²) >= 11 is 7.62. The molecule has 1 amide bonds. The maximum absolute atomic E-state index is 11.8. The number of benzene rings is 1. The number of ether oxygens (including phenoxy) is 1. The SMILES string of the molecule is Cc1csc(CCCCNC(=O)CCCOc2ccc(Cl)cc2C)n1. The number of carbonyl (C=O) groups is 1. The van der Waals surface area contributed by atoms with Gasteiger partial charge in [0, 0.05) is 29.1 Å².